The van der Waals surface area contributed by atoms with Crippen molar-refractivity contribution < 1.29 is 4.79 Å². The molecule has 2 aromatic heterocycles. The highest BCUT2D eigenvalue weighted by Crippen LogP contribution is 2.25. The molecule has 0 spiro atoms. The molecule has 3 aromatic rings. The Labute approximate surface area is 156 Å². The Morgan fingerprint density at radius 2 is 2.00 bits per heavy atom. The Hall–Kier alpha value is -2.47. The van der Waals surface area contributed by atoms with Gasteiger partial charge in [-0.05, 0) is 31.4 Å². The predicted molar refractivity (Wildman–Crippen MR) is 106 cm³/mol. The highest BCUT2D eigenvalue weighted by atomic mass is 32.1. The molecule has 3 rings (SSSR count). The second kappa shape index (κ2) is 7.83. The van der Waals surface area contributed by atoms with E-state index in [9.17, 15) is 9.59 Å². The summed E-state index contributed by atoms with van der Waals surface area (Å²) in [6.45, 7) is 5.97. The molecule has 136 valence electrons. The third-order valence-electron chi connectivity index (χ3n) is 4.58. The van der Waals surface area contributed by atoms with Crippen LogP contribution in [-0.4, -0.2) is 15.5 Å². The quantitative estimate of drug-likeness (QED) is 0.720. The van der Waals surface area contributed by atoms with Gasteiger partial charge in [-0.1, -0.05) is 43.7 Å². The van der Waals surface area contributed by atoms with Gasteiger partial charge >= 0.3 is 0 Å². The van der Waals surface area contributed by atoms with Crippen LogP contribution < -0.4 is 10.9 Å². The number of rotatable bonds is 6. The van der Waals surface area contributed by atoms with Crippen molar-refractivity contribution in [2.75, 3.05) is 0 Å². The number of nitrogens with zero attached hydrogens (tertiary/aromatic N) is 2. The molecule has 0 unspecified atom stereocenters. The molecule has 0 aliphatic carbocycles. The Kier molecular flexibility index (Phi) is 5.52. The number of amides is 1. The van der Waals surface area contributed by atoms with Gasteiger partial charge in [-0.3, -0.25) is 14.2 Å². The van der Waals surface area contributed by atoms with E-state index in [2.05, 4.69) is 17.2 Å². The molecule has 0 aliphatic heterocycles. The highest BCUT2D eigenvalue weighted by Gasteiger charge is 2.16. The summed E-state index contributed by atoms with van der Waals surface area (Å²) in [5.41, 5.74) is 1.87. The first-order valence-electron chi connectivity index (χ1n) is 8.80. The number of aromatic nitrogens is 2. The first-order valence-corrected chi connectivity index (χ1v) is 9.62. The lowest BCUT2D eigenvalue weighted by molar-refractivity contribution is -0.122. The number of hydrogen-bond acceptors (Lipinski definition) is 4. The van der Waals surface area contributed by atoms with Crippen LogP contribution in [0.5, 0.6) is 0 Å². The Bertz CT molecular complexity index is 976. The number of carbonyl (C=O) groups excluding carboxylic acids is 1. The summed E-state index contributed by atoms with van der Waals surface area (Å²) in [4.78, 5) is 31.4. The van der Waals surface area contributed by atoms with E-state index in [1.807, 2.05) is 44.2 Å². The zero-order valence-electron chi connectivity index (χ0n) is 15.3. The van der Waals surface area contributed by atoms with E-state index in [-0.39, 0.29) is 24.1 Å². The lowest BCUT2D eigenvalue weighted by Crippen LogP contribution is -2.34. The van der Waals surface area contributed by atoms with Crippen molar-refractivity contribution in [3.05, 3.63) is 63.0 Å². The summed E-state index contributed by atoms with van der Waals surface area (Å²) in [5.74, 6) is -0.180. The summed E-state index contributed by atoms with van der Waals surface area (Å²) < 4.78 is 1.39. The number of hydrogen-bond donors (Lipinski definition) is 1. The van der Waals surface area contributed by atoms with Gasteiger partial charge in [0.25, 0.3) is 5.56 Å². The Morgan fingerprint density at radius 1 is 1.27 bits per heavy atom. The lowest BCUT2D eigenvalue weighted by Gasteiger charge is -2.19. The Balaban J connectivity index is 1.81. The largest absolute Gasteiger partial charge is 0.348 e. The monoisotopic (exact) mass is 369 g/mol. The molecule has 26 heavy (non-hydrogen) atoms. The topological polar surface area (TPSA) is 64.0 Å². The van der Waals surface area contributed by atoms with Crippen molar-refractivity contribution in [2.45, 2.75) is 46.2 Å². The van der Waals surface area contributed by atoms with E-state index in [4.69, 9.17) is 0 Å². The normalized spacial score (nSPS) is 12.3. The number of thiophene rings is 1. The van der Waals surface area contributed by atoms with Crippen LogP contribution in [0.4, 0.5) is 0 Å². The van der Waals surface area contributed by atoms with E-state index in [0.717, 1.165) is 33.7 Å². The maximum atomic E-state index is 12.7. The molecule has 2 heterocycles. The average molecular weight is 369 g/mol. The van der Waals surface area contributed by atoms with Crippen LogP contribution in [0.3, 0.4) is 0 Å². The highest BCUT2D eigenvalue weighted by molar-refractivity contribution is 7.18. The summed E-state index contributed by atoms with van der Waals surface area (Å²) in [5, 5.41) is 3.68. The van der Waals surface area contributed by atoms with Crippen molar-refractivity contribution in [2.24, 2.45) is 0 Å². The van der Waals surface area contributed by atoms with Gasteiger partial charge in [0.05, 0.1) is 17.8 Å². The van der Waals surface area contributed by atoms with Crippen LogP contribution in [0.2, 0.25) is 0 Å². The minimum atomic E-state index is -0.180. The van der Waals surface area contributed by atoms with Gasteiger partial charge in [0.2, 0.25) is 5.91 Å². The molecular weight excluding hydrogens is 346 g/mol. The molecule has 0 saturated carbocycles. The van der Waals surface area contributed by atoms with Gasteiger partial charge in [0, 0.05) is 4.88 Å². The minimum Gasteiger partial charge on any atom is -0.348 e. The average Bonchev–Trinajstić information content (AvgIpc) is 2.93. The maximum absolute atomic E-state index is 12.7. The van der Waals surface area contributed by atoms with Gasteiger partial charge in [-0.25, -0.2) is 4.98 Å². The van der Waals surface area contributed by atoms with Gasteiger partial charge < -0.3 is 5.32 Å². The van der Waals surface area contributed by atoms with Crippen LogP contribution >= 0.6 is 11.3 Å². The molecule has 0 aliphatic rings. The third kappa shape index (κ3) is 3.70. The number of benzene rings is 1. The molecule has 1 aromatic carbocycles. The number of nitrogens with one attached hydrogen (secondary N) is 1. The second-order valence-corrected chi connectivity index (χ2v) is 7.66. The van der Waals surface area contributed by atoms with Gasteiger partial charge in [0.15, 0.2) is 0 Å². The molecule has 1 amide bonds. The Morgan fingerprint density at radius 3 is 2.69 bits per heavy atom. The number of fused-ring (bicyclic) bond motifs is 1. The molecule has 5 nitrogen and oxygen atoms in total. The zero-order chi connectivity index (χ0) is 18.7. The van der Waals surface area contributed by atoms with E-state index in [1.165, 1.54) is 22.2 Å². The van der Waals surface area contributed by atoms with Crippen LogP contribution in [0, 0.1) is 13.8 Å². The van der Waals surface area contributed by atoms with Crippen LogP contribution in [0.1, 0.15) is 41.8 Å². The SMILES string of the molecule is CCC[C@H](NC(=O)Cn1cnc2sc(C)c(C)c2c1=O)c1ccccc1. The minimum absolute atomic E-state index is 0.0246. The van der Waals surface area contributed by atoms with Gasteiger partial charge in [-0.2, -0.15) is 0 Å². The van der Waals surface area contributed by atoms with Gasteiger partial charge in [0.1, 0.15) is 11.4 Å². The molecule has 0 fully saturated rings. The fourth-order valence-corrected chi connectivity index (χ4v) is 4.06. The van der Waals surface area contributed by atoms with Crippen molar-refractivity contribution in [1.82, 2.24) is 14.9 Å². The molecule has 0 saturated heterocycles. The van der Waals surface area contributed by atoms with Crippen molar-refractivity contribution >= 4 is 27.5 Å². The smallest absolute Gasteiger partial charge is 0.262 e. The van der Waals surface area contributed by atoms with E-state index >= 15 is 0 Å². The van der Waals surface area contributed by atoms with Crippen LogP contribution in [0.15, 0.2) is 41.5 Å². The molecule has 0 bridgehead atoms. The lowest BCUT2D eigenvalue weighted by atomic mass is 10.0. The van der Waals surface area contributed by atoms with E-state index < -0.39 is 0 Å². The van der Waals surface area contributed by atoms with Crippen LogP contribution in [-0.2, 0) is 11.3 Å². The number of aryl methyl sites for hydroxylation is 2. The van der Waals surface area contributed by atoms with E-state index in [1.54, 1.807) is 0 Å². The summed E-state index contributed by atoms with van der Waals surface area (Å²) in [6, 6.07) is 9.86. The van der Waals surface area contributed by atoms with Crippen molar-refractivity contribution in [3.63, 3.8) is 0 Å². The van der Waals surface area contributed by atoms with E-state index in [0.29, 0.717) is 5.39 Å². The number of carbonyl (C=O) groups is 1. The van der Waals surface area contributed by atoms with Crippen molar-refractivity contribution in [1.29, 1.82) is 0 Å². The second-order valence-electron chi connectivity index (χ2n) is 6.46. The first kappa shape index (κ1) is 18.3. The summed E-state index contributed by atoms with van der Waals surface area (Å²) >= 11 is 1.51. The fraction of sp³-hybridized carbons (Fsp3) is 0.350. The molecular formula is C20H23N3O2S. The molecule has 0 radical (unpaired) electrons. The van der Waals surface area contributed by atoms with Gasteiger partial charge in [-0.15, -0.1) is 11.3 Å². The summed E-state index contributed by atoms with van der Waals surface area (Å²) in [6.07, 6.45) is 3.28. The van der Waals surface area contributed by atoms with Crippen molar-refractivity contribution in [3.8, 4) is 0 Å². The van der Waals surface area contributed by atoms with Crippen LogP contribution in [0.25, 0.3) is 10.2 Å². The molecule has 6 heteroatoms. The fourth-order valence-electron chi connectivity index (χ4n) is 3.07. The zero-order valence-corrected chi connectivity index (χ0v) is 16.1. The maximum Gasteiger partial charge on any atom is 0.262 e. The standard InChI is InChI=1S/C20H23N3O2S/c1-4-8-16(15-9-6-5-7-10-15)22-17(24)11-23-12-21-19-18(20(23)25)13(2)14(3)26-19/h5-7,9-10,12,16H,4,8,11H2,1-3H3,(H,22,24)/t16-/m0/s1. The summed E-state index contributed by atoms with van der Waals surface area (Å²) in [7, 11) is 0. The molecule has 1 N–H and O–H groups in total. The predicted octanol–water partition coefficient (Wildman–Crippen LogP) is 3.73. The third-order valence-corrected chi connectivity index (χ3v) is 5.70. The molecule has 1 atom stereocenters. The first-order chi connectivity index (χ1) is 12.5.